The van der Waals surface area contributed by atoms with E-state index in [1.807, 2.05) is 24.3 Å². The fourth-order valence-corrected chi connectivity index (χ4v) is 4.23. The van der Waals surface area contributed by atoms with Crippen LogP contribution >= 0.6 is 11.6 Å². The number of carbonyl (C=O) groups is 1. The Kier molecular flexibility index (Phi) is 6.26. The maximum absolute atomic E-state index is 13.5. The van der Waals surface area contributed by atoms with Crippen LogP contribution in [0.15, 0.2) is 60.7 Å². The summed E-state index contributed by atoms with van der Waals surface area (Å²) in [6, 6.07) is 19.6. The lowest BCUT2D eigenvalue weighted by molar-refractivity contribution is 0.102. The van der Waals surface area contributed by atoms with Gasteiger partial charge in [-0.3, -0.25) is 9.36 Å². The van der Waals surface area contributed by atoms with Crippen molar-refractivity contribution in [3.05, 3.63) is 76.8 Å². The number of halogens is 1. The van der Waals surface area contributed by atoms with E-state index in [4.69, 9.17) is 35.8 Å². The van der Waals surface area contributed by atoms with Gasteiger partial charge < -0.3 is 19.5 Å². The number of methoxy groups -OCH3 is 3. The number of nitrogens with zero attached hydrogens (tertiary/aromatic N) is 4. The molecule has 1 N–H and O–H groups in total. The second-order valence-electron chi connectivity index (χ2n) is 7.90. The van der Waals surface area contributed by atoms with Crippen LogP contribution in [-0.2, 0) is 0 Å². The Bertz CT molecular complexity index is 1680. The largest absolute Gasteiger partial charge is 0.493 e. The summed E-state index contributed by atoms with van der Waals surface area (Å²) in [7, 11) is 4.41. The number of para-hydroxylation sites is 2. The Hall–Kier alpha value is -4.81. The highest BCUT2D eigenvalue weighted by molar-refractivity contribution is 6.30. The number of hydrogen-bond donors (Lipinski definition) is 1. The lowest BCUT2D eigenvalue weighted by Crippen LogP contribution is -2.16. The molecule has 0 aliphatic carbocycles. The number of ether oxygens (including phenoxy) is 3. The second kappa shape index (κ2) is 9.68. The van der Waals surface area contributed by atoms with E-state index in [2.05, 4.69) is 11.4 Å². The van der Waals surface area contributed by atoms with Gasteiger partial charge >= 0.3 is 0 Å². The van der Waals surface area contributed by atoms with Crippen LogP contribution in [0.1, 0.15) is 15.9 Å². The van der Waals surface area contributed by atoms with E-state index in [0.29, 0.717) is 50.2 Å². The van der Waals surface area contributed by atoms with Gasteiger partial charge in [0.2, 0.25) is 5.75 Å². The van der Waals surface area contributed by atoms with Gasteiger partial charge in [0.25, 0.3) is 5.91 Å². The molecule has 0 saturated heterocycles. The number of fused-ring (bicyclic) bond motifs is 2. The van der Waals surface area contributed by atoms with Gasteiger partial charge in [0.1, 0.15) is 23.0 Å². The van der Waals surface area contributed by atoms with Gasteiger partial charge in [0.05, 0.1) is 32.4 Å². The fraction of sp³-hybridized carbons (Fsp3) is 0.111. The summed E-state index contributed by atoms with van der Waals surface area (Å²) in [6.07, 6.45) is 0. The van der Waals surface area contributed by atoms with Gasteiger partial charge in [-0.1, -0.05) is 23.7 Å². The number of hydrogen-bond acceptors (Lipinski definition) is 7. The highest BCUT2D eigenvalue weighted by atomic mass is 35.5. The van der Waals surface area contributed by atoms with Gasteiger partial charge in [-0.05, 0) is 48.5 Å². The minimum absolute atomic E-state index is 0.170. The standard InChI is InChI=1S/C27H20ClN5O4/c1-35-21-12-15(13-22(36-2)24(21)37-3)27(34)32-25-18(14-29)23-26(31-20-7-5-4-6-19(20)30-23)33(25)17-10-8-16(28)9-11-17/h4-13H,1-3H3,(H,32,34). The van der Waals surface area contributed by atoms with Crippen molar-refractivity contribution in [2.24, 2.45) is 0 Å². The molecule has 9 nitrogen and oxygen atoms in total. The van der Waals surface area contributed by atoms with Gasteiger partial charge in [-0.15, -0.1) is 0 Å². The molecular formula is C27H20ClN5O4. The van der Waals surface area contributed by atoms with Crippen molar-refractivity contribution in [2.75, 3.05) is 26.6 Å². The number of amides is 1. The molecule has 5 rings (SSSR count). The molecule has 10 heteroatoms. The molecule has 0 aliphatic heterocycles. The van der Waals surface area contributed by atoms with E-state index in [-0.39, 0.29) is 16.9 Å². The Morgan fingerprint density at radius 3 is 2.14 bits per heavy atom. The Balaban J connectivity index is 1.73. The number of nitriles is 1. The van der Waals surface area contributed by atoms with Crippen molar-refractivity contribution >= 4 is 45.5 Å². The normalized spacial score (nSPS) is 10.8. The summed E-state index contributed by atoms with van der Waals surface area (Å²) in [5, 5.41) is 13.6. The molecule has 184 valence electrons. The molecule has 0 unspecified atom stereocenters. The molecule has 3 aromatic carbocycles. The summed E-state index contributed by atoms with van der Waals surface area (Å²) < 4.78 is 17.8. The lowest BCUT2D eigenvalue weighted by Gasteiger charge is -2.15. The number of benzene rings is 3. The minimum atomic E-state index is -0.502. The van der Waals surface area contributed by atoms with Crippen LogP contribution in [0.3, 0.4) is 0 Å². The summed E-state index contributed by atoms with van der Waals surface area (Å²) in [4.78, 5) is 23.0. The zero-order valence-electron chi connectivity index (χ0n) is 20.1. The van der Waals surface area contributed by atoms with Crippen LogP contribution in [0.25, 0.3) is 27.9 Å². The molecule has 0 aliphatic rings. The van der Waals surface area contributed by atoms with Gasteiger partial charge in [-0.2, -0.15) is 5.26 Å². The van der Waals surface area contributed by atoms with Crippen LogP contribution in [0.4, 0.5) is 5.82 Å². The molecule has 1 amide bonds. The van der Waals surface area contributed by atoms with Crippen molar-refractivity contribution in [2.45, 2.75) is 0 Å². The molecule has 0 atom stereocenters. The average molecular weight is 514 g/mol. The quantitative estimate of drug-likeness (QED) is 0.324. The zero-order valence-corrected chi connectivity index (χ0v) is 20.8. The molecule has 37 heavy (non-hydrogen) atoms. The first-order valence-electron chi connectivity index (χ1n) is 11.1. The van der Waals surface area contributed by atoms with Crippen molar-refractivity contribution < 1.29 is 19.0 Å². The van der Waals surface area contributed by atoms with Gasteiger partial charge in [-0.25, -0.2) is 9.97 Å². The van der Waals surface area contributed by atoms with Crippen LogP contribution in [0.2, 0.25) is 5.02 Å². The molecule has 2 heterocycles. The smallest absolute Gasteiger partial charge is 0.257 e. The third-order valence-corrected chi connectivity index (χ3v) is 6.07. The molecule has 0 spiro atoms. The highest BCUT2D eigenvalue weighted by Gasteiger charge is 2.25. The predicted octanol–water partition coefficient (Wildman–Crippen LogP) is 5.38. The van der Waals surface area contributed by atoms with E-state index in [9.17, 15) is 10.1 Å². The number of nitrogens with one attached hydrogen (secondary N) is 1. The van der Waals surface area contributed by atoms with Crippen molar-refractivity contribution in [1.82, 2.24) is 14.5 Å². The topological polar surface area (TPSA) is 111 Å². The first-order chi connectivity index (χ1) is 18.0. The van der Waals surface area contributed by atoms with Gasteiger partial charge in [0.15, 0.2) is 17.1 Å². The fourth-order valence-electron chi connectivity index (χ4n) is 4.10. The first-order valence-corrected chi connectivity index (χ1v) is 11.5. The predicted molar refractivity (Wildman–Crippen MR) is 140 cm³/mol. The molecule has 5 aromatic rings. The summed E-state index contributed by atoms with van der Waals surface area (Å²) in [6.45, 7) is 0. The van der Waals surface area contributed by atoms with E-state index in [1.54, 1.807) is 28.8 Å². The zero-order chi connectivity index (χ0) is 26.1. The van der Waals surface area contributed by atoms with E-state index >= 15 is 0 Å². The van der Waals surface area contributed by atoms with Crippen LogP contribution in [0.5, 0.6) is 17.2 Å². The molecule has 0 saturated carbocycles. The minimum Gasteiger partial charge on any atom is -0.493 e. The van der Waals surface area contributed by atoms with E-state index < -0.39 is 5.91 Å². The lowest BCUT2D eigenvalue weighted by atomic mass is 10.1. The third-order valence-electron chi connectivity index (χ3n) is 5.82. The van der Waals surface area contributed by atoms with Crippen molar-refractivity contribution in [3.63, 3.8) is 0 Å². The first kappa shape index (κ1) is 23.9. The SMILES string of the molecule is COc1cc(C(=O)Nc2c(C#N)c3nc4ccccc4nc3n2-c2ccc(Cl)cc2)cc(OC)c1OC. The molecule has 0 bridgehead atoms. The number of aromatic nitrogens is 3. The van der Waals surface area contributed by atoms with E-state index in [1.165, 1.54) is 33.5 Å². The van der Waals surface area contributed by atoms with Crippen molar-refractivity contribution in [1.29, 1.82) is 5.26 Å². The highest BCUT2D eigenvalue weighted by Crippen LogP contribution is 2.39. The maximum atomic E-state index is 13.5. The van der Waals surface area contributed by atoms with E-state index in [0.717, 1.165) is 0 Å². The second-order valence-corrected chi connectivity index (χ2v) is 8.34. The van der Waals surface area contributed by atoms with Crippen molar-refractivity contribution in [3.8, 4) is 29.0 Å². The maximum Gasteiger partial charge on any atom is 0.257 e. The monoisotopic (exact) mass is 513 g/mol. The number of anilines is 1. The van der Waals surface area contributed by atoms with Gasteiger partial charge in [0, 0.05) is 16.3 Å². The number of carbonyl (C=O) groups excluding carboxylic acids is 1. The van der Waals surface area contributed by atoms with Crippen LogP contribution in [0, 0.1) is 11.3 Å². The Morgan fingerprint density at radius 1 is 0.946 bits per heavy atom. The average Bonchev–Trinajstić information content (AvgIpc) is 3.22. The third kappa shape index (κ3) is 4.13. The molecular weight excluding hydrogens is 494 g/mol. The summed E-state index contributed by atoms with van der Waals surface area (Å²) in [5.74, 6) is 0.711. The summed E-state index contributed by atoms with van der Waals surface area (Å²) in [5.41, 5.74) is 3.09. The summed E-state index contributed by atoms with van der Waals surface area (Å²) >= 11 is 6.12. The Labute approximate surface area is 216 Å². The number of rotatable bonds is 6. The molecule has 0 fully saturated rings. The van der Waals surface area contributed by atoms with Crippen LogP contribution < -0.4 is 19.5 Å². The van der Waals surface area contributed by atoms with Crippen LogP contribution in [-0.4, -0.2) is 41.8 Å². The Morgan fingerprint density at radius 2 is 1.57 bits per heavy atom. The molecule has 2 aromatic heterocycles. The molecule has 0 radical (unpaired) electrons.